The molecule has 0 aliphatic heterocycles. The number of ether oxygens (including phenoxy) is 1. The molecule has 0 radical (unpaired) electrons. The SMILES string of the molecule is CCOC(=O)NC(C)C(O)c1ccc(F)c(F)c1. The standard InChI is InChI=1S/C12H15F2NO3/c1-3-18-12(17)15-7(2)11(16)8-4-5-9(13)10(14)6-8/h4-7,11,16H,3H2,1-2H3,(H,15,17). The third kappa shape index (κ3) is 3.66. The first-order valence-corrected chi connectivity index (χ1v) is 5.52. The van der Waals surface area contributed by atoms with Crippen LogP contribution >= 0.6 is 0 Å². The summed E-state index contributed by atoms with van der Waals surface area (Å²) in [5.74, 6) is -2.04. The summed E-state index contributed by atoms with van der Waals surface area (Å²) in [4.78, 5) is 11.1. The number of halogens is 2. The monoisotopic (exact) mass is 259 g/mol. The number of hydrogen-bond donors (Lipinski definition) is 2. The summed E-state index contributed by atoms with van der Waals surface area (Å²) in [6.07, 6.45) is -1.82. The average Bonchev–Trinajstić information content (AvgIpc) is 2.32. The first kappa shape index (κ1) is 14.4. The predicted octanol–water partition coefficient (Wildman–Crippen LogP) is 2.13. The van der Waals surface area contributed by atoms with Crippen LogP contribution in [0.4, 0.5) is 13.6 Å². The fourth-order valence-electron chi connectivity index (χ4n) is 1.42. The molecule has 1 rings (SSSR count). The molecule has 0 aliphatic rings. The largest absolute Gasteiger partial charge is 0.450 e. The number of hydrogen-bond acceptors (Lipinski definition) is 3. The zero-order chi connectivity index (χ0) is 13.7. The Morgan fingerprint density at radius 3 is 2.67 bits per heavy atom. The minimum atomic E-state index is -1.15. The number of aliphatic hydroxyl groups is 1. The summed E-state index contributed by atoms with van der Waals surface area (Å²) < 4.78 is 30.4. The van der Waals surface area contributed by atoms with Crippen molar-refractivity contribution in [2.75, 3.05) is 6.61 Å². The molecule has 0 aromatic heterocycles. The van der Waals surface area contributed by atoms with Crippen molar-refractivity contribution in [3.8, 4) is 0 Å². The van der Waals surface area contributed by atoms with Crippen LogP contribution in [-0.4, -0.2) is 23.8 Å². The zero-order valence-corrected chi connectivity index (χ0v) is 10.1. The zero-order valence-electron chi connectivity index (χ0n) is 10.1. The molecule has 0 heterocycles. The first-order valence-electron chi connectivity index (χ1n) is 5.52. The Kier molecular flexibility index (Phi) is 5.03. The molecule has 2 unspecified atom stereocenters. The summed E-state index contributed by atoms with van der Waals surface area (Å²) in [6.45, 7) is 3.39. The first-order chi connectivity index (χ1) is 8.45. The maximum atomic E-state index is 13.0. The molecule has 18 heavy (non-hydrogen) atoms. The molecule has 1 aromatic rings. The summed E-state index contributed by atoms with van der Waals surface area (Å²) in [6, 6.07) is 2.38. The molecule has 0 aliphatic carbocycles. The summed E-state index contributed by atoms with van der Waals surface area (Å²) in [5, 5.41) is 12.2. The van der Waals surface area contributed by atoms with Gasteiger partial charge in [0, 0.05) is 0 Å². The van der Waals surface area contributed by atoms with Crippen LogP contribution in [0, 0.1) is 11.6 Å². The van der Waals surface area contributed by atoms with Gasteiger partial charge in [-0.2, -0.15) is 0 Å². The Morgan fingerprint density at radius 2 is 2.11 bits per heavy atom. The molecule has 2 atom stereocenters. The third-order valence-corrected chi connectivity index (χ3v) is 2.38. The van der Waals surface area contributed by atoms with E-state index in [1.54, 1.807) is 6.92 Å². The molecule has 0 spiro atoms. The van der Waals surface area contributed by atoms with E-state index in [0.717, 1.165) is 12.1 Å². The predicted molar refractivity (Wildman–Crippen MR) is 60.9 cm³/mol. The highest BCUT2D eigenvalue weighted by molar-refractivity contribution is 5.67. The second-order valence-electron chi connectivity index (χ2n) is 3.77. The molecule has 0 saturated carbocycles. The number of carbonyl (C=O) groups is 1. The van der Waals surface area contributed by atoms with E-state index in [-0.39, 0.29) is 12.2 Å². The van der Waals surface area contributed by atoms with Gasteiger partial charge in [0.15, 0.2) is 11.6 Å². The highest BCUT2D eigenvalue weighted by Crippen LogP contribution is 2.19. The molecule has 100 valence electrons. The van der Waals surface area contributed by atoms with Crippen LogP contribution in [0.15, 0.2) is 18.2 Å². The van der Waals surface area contributed by atoms with E-state index in [0.29, 0.717) is 0 Å². The Labute approximate surface area is 104 Å². The summed E-state index contributed by atoms with van der Waals surface area (Å²) in [5.41, 5.74) is 0.179. The average molecular weight is 259 g/mol. The van der Waals surface area contributed by atoms with E-state index < -0.39 is 29.9 Å². The lowest BCUT2D eigenvalue weighted by Gasteiger charge is -2.20. The van der Waals surface area contributed by atoms with E-state index in [1.807, 2.05) is 0 Å². The Bertz CT molecular complexity index is 426. The van der Waals surface area contributed by atoms with Gasteiger partial charge in [-0.15, -0.1) is 0 Å². The Morgan fingerprint density at radius 1 is 1.44 bits per heavy atom. The lowest BCUT2D eigenvalue weighted by molar-refractivity contribution is 0.112. The van der Waals surface area contributed by atoms with Crippen molar-refractivity contribution >= 4 is 6.09 Å². The fourth-order valence-corrected chi connectivity index (χ4v) is 1.42. The summed E-state index contributed by atoms with van der Waals surface area (Å²) in [7, 11) is 0. The van der Waals surface area contributed by atoms with Crippen molar-refractivity contribution in [3.63, 3.8) is 0 Å². The van der Waals surface area contributed by atoms with Gasteiger partial charge in [-0.25, -0.2) is 13.6 Å². The van der Waals surface area contributed by atoms with Crippen LogP contribution in [-0.2, 0) is 4.74 Å². The van der Waals surface area contributed by atoms with E-state index >= 15 is 0 Å². The van der Waals surface area contributed by atoms with E-state index in [2.05, 4.69) is 10.1 Å². The van der Waals surface area contributed by atoms with E-state index in [1.165, 1.54) is 13.0 Å². The smallest absolute Gasteiger partial charge is 0.407 e. The molecule has 6 heteroatoms. The molecule has 0 saturated heterocycles. The van der Waals surface area contributed by atoms with Crippen LogP contribution in [0.2, 0.25) is 0 Å². The van der Waals surface area contributed by atoms with Crippen molar-refractivity contribution in [2.24, 2.45) is 0 Å². The van der Waals surface area contributed by atoms with Crippen molar-refractivity contribution in [1.82, 2.24) is 5.32 Å². The second-order valence-corrected chi connectivity index (χ2v) is 3.77. The minimum absolute atomic E-state index is 0.179. The Hall–Kier alpha value is -1.69. The Balaban J connectivity index is 2.70. The van der Waals surface area contributed by atoms with Crippen LogP contribution in [0.3, 0.4) is 0 Å². The number of nitrogens with one attached hydrogen (secondary N) is 1. The molecule has 0 bridgehead atoms. The van der Waals surface area contributed by atoms with Gasteiger partial charge in [-0.1, -0.05) is 6.07 Å². The number of amides is 1. The van der Waals surface area contributed by atoms with Crippen LogP contribution in [0.5, 0.6) is 0 Å². The molecule has 1 aromatic carbocycles. The van der Waals surface area contributed by atoms with Gasteiger partial charge in [0.2, 0.25) is 0 Å². The fraction of sp³-hybridized carbons (Fsp3) is 0.417. The minimum Gasteiger partial charge on any atom is -0.450 e. The van der Waals surface area contributed by atoms with Gasteiger partial charge in [0.1, 0.15) is 0 Å². The van der Waals surface area contributed by atoms with Gasteiger partial charge < -0.3 is 15.2 Å². The quantitative estimate of drug-likeness (QED) is 0.870. The van der Waals surface area contributed by atoms with Crippen molar-refractivity contribution in [3.05, 3.63) is 35.4 Å². The molecular weight excluding hydrogens is 244 g/mol. The lowest BCUT2D eigenvalue weighted by atomic mass is 10.0. The molecule has 0 fully saturated rings. The number of alkyl carbamates (subject to hydrolysis) is 1. The van der Waals surface area contributed by atoms with Gasteiger partial charge in [-0.3, -0.25) is 0 Å². The van der Waals surface area contributed by atoms with E-state index in [9.17, 15) is 18.7 Å². The third-order valence-electron chi connectivity index (χ3n) is 2.38. The van der Waals surface area contributed by atoms with Crippen molar-refractivity contribution in [1.29, 1.82) is 0 Å². The van der Waals surface area contributed by atoms with Crippen LogP contribution < -0.4 is 5.32 Å². The highest BCUT2D eigenvalue weighted by atomic mass is 19.2. The van der Waals surface area contributed by atoms with Gasteiger partial charge >= 0.3 is 6.09 Å². The summed E-state index contributed by atoms with van der Waals surface area (Å²) >= 11 is 0. The topological polar surface area (TPSA) is 58.6 Å². The number of benzene rings is 1. The molecular formula is C12H15F2NO3. The van der Waals surface area contributed by atoms with Gasteiger partial charge in [0.05, 0.1) is 18.8 Å². The van der Waals surface area contributed by atoms with Crippen LogP contribution in [0.1, 0.15) is 25.5 Å². The highest BCUT2D eigenvalue weighted by Gasteiger charge is 2.20. The maximum absolute atomic E-state index is 13.0. The molecule has 2 N–H and O–H groups in total. The number of rotatable bonds is 4. The molecule has 4 nitrogen and oxygen atoms in total. The van der Waals surface area contributed by atoms with Gasteiger partial charge in [-0.05, 0) is 31.5 Å². The number of carbonyl (C=O) groups excluding carboxylic acids is 1. The van der Waals surface area contributed by atoms with Crippen molar-refractivity contribution < 1.29 is 23.4 Å². The van der Waals surface area contributed by atoms with Crippen molar-refractivity contribution in [2.45, 2.75) is 26.0 Å². The molecule has 1 amide bonds. The van der Waals surface area contributed by atoms with Gasteiger partial charge in [0.25, 0.3) is 0 Å². The van der Waals surface area contributed by atoms with E-state index in [4.69, 9.17) is 0 Å². The second kappa shape index (κ2) is 6.30. The normalized spacial score (nSPS) is 13.8. The maximum Gasteiger partial charge on any atom is 0.407 e. The number of aliphatic hydroxyl groups excluding tert-OH is 1. The lowest BCUT2D eigenvalue weighted by Crippen LogP contribution is -2.37. The van der Waals surface area contributed by atoms with Crippen LogP contribution in [0.25, 0.3) is 0 Å².